The minimum absolute atomic E-state index is 0.639. The Balaban J connectivity index is 2.62. The normalized spacial score (nSPS) is 11.1. The Morgan fingerprint density at radius 3 is 3.00 bits per heavy atom. The second-order valence-electron chi connectivity index (χ2n) is 2.64. The number of hydrogen-bond acceptors (Lipinski definition) is 4. The molecule has 0 amide bonds. The van der Waals surface area contributed by atoms with Crippen LogP contribution in [0.25, 0.3) is 0 Å². The number of aliphatic imine (C=N–C) groups is 1. The third-order valence-electron chi connectivity index (χ3n) is 1.71. The lowest BCUT2D eigenvalue weighted by molar-refractivity contribution is 1.05. The first-order chi connectivity index (χ1) is 6.77. The molecule has 0 aliphatic heterocycles. The molecule has 0 aliphatic rings. The van der Waals surface area contributed by atoms with Gasteiger partial charge in [-0.2, -0.15) is 16.6 Å². The summed E-state index contributed by atoms with van der Waals surface area (Å²) in [7, 11) is 0. The maximum atomic E-state index is 8.43. The van der Waals surface area contributed by atoms with Gasteiger partial charge >= 0.3 is 0 Å². The van der Waals surface area contributed by atoms with Gasteiger partial charge in [0.05, 0.1) is 6.54 Å². The van der Waals surface area contributed by atoms with E-state index >= 15 is 0 Å². The average Bonchev–Trinajstić information content (AvgIpc) is 2.59. The number of rotatable bonds is 2. The molecule has 0 saturated heterocycles. The van der Waals surface area contributed by atoms with Gasteiger partial charge in [0.25, 0.3) is 0 Å². The van der Waals surface area contributed by atoms with Crippen molar-refractivity contribution in [2.75, 3.05) is 6.26 Å². The largest absolute Gasteiger partial charge is 0.272 e. The lowest BCUT2D eigenvalue weighted by Crippen LogP contribution is -2.13. The number of aryl methyl sites for hydroxylation is 1. The highest BCUT2D eigenvalue weighted by molar-refractivity contribution is 8.13. The Bertz CT molecular complexity index is 362. The molecular weight excluding hydrogens is 214 g/mol. The van der Waals surface area contributed by atoms with E-state index in [1.165, 1.54) is 22.9 Å². The van der Waals surface area contributed by atoms with Gasteiger partial charge in [0.15, 0.2) is 11.4 Å². The standard InChI is InChI=1S/C9H11N3S2/c1-7-4-14-5-8(7)3-11-9(13-2)12-6-10/h4-5H,3H2,1-2H3,(H,11,12). The van der Waals surface area contributed by atoms with Crippen molar-refractivity contribution < 1.29 is 0 Å². The van der Waals surface area contributed by atoms with Gasteiger partial charge in [0, 0.05) is 0 Å². The zero-order valence-corrected chi connectivity index (χ0v) is 9.71. The van der Waals surface area contributed by atoms with Gasteiger partial charge in [-0.05, 0) is 35.1 Å². The fourth-order valence-electron chi connectivity index (χ4n) is 0.909. The Kier molecular flexibility index (Phi) is 4.50. The van der Waals surface area contributed by atoms with Crippen molar-refractivity contribution in [3.8, 4) is 6.19 Å². The maximum Gasteiger partial charge on any atom is 0.183 e. The smallest absolute Gasteiger partial charge is 0.183 e. The summed E-state index contributed by atoms with van der Waals surface area (Å²) in [5, 5.41) is 15.8. The van der Waals surface area contributed by atoms with Crippen molar-refractivity contribution in [2.24, 2.45) is 4.99 Å². The number of thiophene rings is 1. The predicted octanol–water partition coefficient (Wildman–Crippen LogP) is 2.35. The molecule has 0 spiro atoms. The zero-order valence-electron chi connectivity index (χ0n) is 8.07. The summed E-state index contributed by atoms with van der Waals surface area (Å²) in [6.07, 6.45) is 3.76. The van der Waals surface area contributed by atoms with Crippen LogP contribution in [0.4, 0.5) is 0 Å². The van der Waals surface area contributed by atoms with Crippen LogP contribution in [0.3, 0.4) is 0 Å². The lowest BCUT2D eigenvalue weighted by atomic mass is 10.2. The van der Waals surface area contributed by atoms with Gasteiger partial charge in [-0.25, -0.2) is 0 Å². The van der Waals surface area contributed by atoms with Gasteiger partial charge in [0.1, 0.15) is 0 Å². The Labute approximate surface area is 91.9 Å². The average molecular weight is 225 g/mol. The fourth-order valence-corrected chi connectivity index (χ4v) is 2.10. The molecule has 1 aromatic rings. The van der Waals surface area contributed by atoms with Crippen molar-refractivity contribution in [2.45, 2.75) is 13.5 Å². The second kappa shape index (κ2) is 5.68. The van der Waals surface area contributed by atoms with E-state index in [-0.39, 0.29) is 0 Å². The highest BCUT2D eigenvalue weighted by Gasteiger charge is 1.99. The number of amidine groups is 1. The number of thioether (sulfide) groups is 1. The summed E-state index contributed by atoms with van der Waals surface area (Å²) < 4.78 is 0. The van der Waals surface area contributed by atoms with Crippen molar-refractivity contribution >= 4 is 28.3 Å². The summed E-state index contributed by atoms with van der Waals surface area (Å²) in [5.41, 5.74) is 2.48. The first-order valence-corrected chi connectivity index (χ1v) is 6.20. The van der Waals surface area contributed by atoms with Gasteiger partial charge in [-0.1, -0.05) is 11.8 Å². The quantitative estimate of drug-likeness (QED) is 0.364. The highest BCUT2D eigenvalue weighted by atomic mass is 32.2. The zero-order chi connectivity index (χ0) is 10.4. The molecule has 0 fully saturated rings. The molecule has 1 rings (SSSR count). The van der Waals surface area contributed by atoms with Crippen LogP contribution in [0.2, 0.25) is 0 Å². The summed E-state index contributed by atoms with van der Waals surface area (Å²) in [5.74, 6) is 0. The van der Waals surface area contributed by atoms with Gasteiger partial charge in [0.2, 0.25) is 0 Å². The molecule has 0 radical (unpaired) electrons. The van der Waals surface area contributed by atoms with Crippen LogP contribution < -0.4 is 5.32 Å². The van der Waals surface area contributed by atoms with Crippen LogP contribution in [0.5, 0.6) is 0 Å². The predicted molar refractivity (Wildman–Crippen MR) is 62.5 cm³/mol. The molecule has 0 aromatic carbocycles. The Morgan fingerprint density at radius 2 is 2.50 bits per heavy atom. The number of nitriles is 1. The van der Waals surface area contributed by atoms with Crippen molar-refractivity contribution in [3.05, 3.63) is 21.9 Å². The van der Waals surface area contributed by atoms with Gasteiger partial charge in [-0.3, -0.25) is 10.3 Å². The van der Waals surface area contributed by atoms with Crippen molar-refractivity contribution in [1.82, 2.24) is 5.32 Å². The monoisotopic (exact) mass is 225 g/mol. The Hall–Kier alpha value is -0.990. The molecule has 3 nitrogen and oxygen atoms in total. The van der Waals surface area contributed by atoms with Crippen molar-refractivity contribution in [1.29, 1.82) is 5.26 Å². The Morgan fingerprint density at radius 1 is 1.71 bits per heavy atom. The molecule has 0 saturated carbocycles. The first kappa shape index (κ1) is 11.1. The molecule has 0 aliphatic carbocycles. The number of hydrogen-bond donors (Lipinski definition) is 1. The van der Waals surface area contributed by atoms with E-state index < -0.39 is 0 Å². The highest BCUT2D eigenvalue weighted by Crippen LogP contribution is 2.14. The number of nitrogens with one attached hydrogen (secondary N) is 1. The second-order valence-corrected chi connectivity index (χ2v) is 4.18. The molecule has 1 heterocycles. The first-order valence-electron chi connectivity index (χ1n) is 4.03. The van der Waals surface area contributed by atoms with Crippen LogP contribution in [0, 0.1) is 18.4 Å². The van der Waals surface area contributed by atoms with Crippen LogP contribution in [0.1, 0.15) is 11.1 Å². The summed E-state index contributed by atoms with van der Waals surface area (Å²) in [4.78, 5) is 4.29. The summed E-state index contributed by atoms with van der Waals surface area (Å²) in [6.45, 7) is 2.71. The molecule has 0 atom stereocenters. The molecule has 1 N–H and O–H groups in total. The van der Waals surface area contributed by atoms with Crippen molar-refractivity contribution in [3.63, 3.8) is 0 Å². The van der Waals surface area contributed by atoms with E-state index in [0.717, 1.165) is 0 Å². The van der Waals surface area contributed by atoms with Crippen LogP contribution >= 0.6 is 23.1 Å². The minimum atomic E-state index is 0.639. The molecule has 0 unspecified atom stereocenters. The van der Waals surface area contributed by atoms with E-state index in [1.54, 1.807) is 11.3 Å². The molecule has 5 heteroatoms. The third kappa shape index (κ3) is 3.05. The number of nitrogens with zero attached hydrogens (tertiary/aromatic N) is 2. The minimum Gasteiger partial charge on any atom is -0.272 e. The van der Waals surface area contributed by atoms with E-state index in [2.05, 4.69) is 28.0 Å². The SMILES string of the molecule is CSC(=NCc1cscc1C)NC#N. The fraction of sp³-hybridized carbons (Fsp3) is 0.333. The molecule has 1 aromatic heterocycles. The van der Waals surface area contributed by atoms with Crippen LogP contribution in [-0.2, 0) is 6.54 Å². The lowest BCUT2D eigenvalue weighted by Gasteiger charge is -1.99. The summed E-state index contributed by atoms with van der Waals surface area (Å²) in [6, 6.07) is 0. The van der Waals surface area contributed by atoms with E-state index in [0.29, 0.717) is 11.7 Å². The van der Waals surface area contributed by atoms with Gasteiger partial charge in [-0.15, -0.1) is 0 Å². The van der Waals surface area contributed by atoms with E-state index in [9.17, 15) is 0 Å². The third-order valence-corrected chi connectivity index (χ3v) is 3.24. The van der Waals surface area contributed by atoms with Crippen LogP contribution in [0.15, 0.2) is 15.8 Å². The molecule has 74 valence electrons. The van der Waals surface area contributed by atoms with Gasteiger partial charge < -0.3 is 0 Å². The topological polar surface area (TPSA) is 48.2 Å². The van der Waals surface area contributed by atoms with E-state index in [4.69, 9.17) is 5.26 Å². The van der Waals surface area contributed by atoms with Crippen LogP contribution in [-0.4, -0.2) is 11.4 Å². The maximum absolute atomic E-state index is 8.43. The molecule has 14 heavy (non-hydrogen) atoms. The summed E-state index contributed by atoms with van der Waals surface area (Å²) >= 11 is 3.12. The molecule has 0 bridgehead atoms. The molecular formula is C9H11N3S2. The van der Waals surface area contributed by atoms with E-state index in [1.807, 2.05) is 12.4 Å².